The summed E-state index contributed by atoms with van der Waals surface area (Å²) in [5.74, 6) is -2.54. The summed E-state index contributed by atoms with van der Waals surface area (Å²) in [6.07, 6.45) is 0. The quantitative estimate of drug-likeness (QED) is 0.635. The van der Waals surface area contributed by atoms with Gasteiger partial charge in [-0.25, -0.2) is 14.4 Å². The molecule has 0 saturated carbocycles. The average molecular weight is 282 g/mol. The highest BCUT2D eigenvalue weighted by Gasteiger charge is 2.27. The van der Waals surface area contributed by atoms with Crippen LogP contribution >= 0.6 is 0 Å². The van der Waals surface area contributed by atoms with E-state index in [1.54, 1.807) is 0 Å². The largest absolute Gasteiger partial charge is 0.465 e. The van der Waals surface area contributed by atoms with E-state index in [-0.39, 0.29) is 22.3 Å². The molecular formula is C13H14O7. The van der Waals surface area contributed by atoms with Gasteiger partial charge in [-0.15, -0.1) is 0 Å². The number of benzene rings is 1. The van der Waals surface area contributed by atoms with Crippen LogP contribution in [-0.4, -0.2) is 44.3 Å². The summed E-state index contributed by atoms with van der Waals surface area (Å²) in [7, 11) is 3.38. The Morgan fingerprint density at radius 3 is 1.60 bits per heavy atom. The number of hydrogen-bond donors (Lipinski definition) is 1. The van der Waals surface area contributed by atoms with Crippen LogP contribution in [0.4, 0.5) is 0 Å². The Morgan fingerprint density at radius 2 is 1.30 bits per heavy atom. The molecule has 0 amide bonds. The molecular weight excluding hydrogens is 268 g/mol. The second kappa shape index (κ2) is 6.67. The maximum atomic E-state index is 11.8. The number of esters is 3. The van der Waals surface area contributed by atoms with Gasteiger partial charge in [-0.05, 0) is 17.7 Å². The molecule has 0 unspecified atom stereocenters. The molecule has 1 aromatic rings. The van der Waals surface area contributed by atoms with Crippen molar-refractivity contribution in [3.63, 3.8) is 0 Å². The summed E-state index contributed by atoms with van der Waals surface area (Å²) in [5.41, 5.74) is -0.348. The van der Waals surface area contributed by atoms with Gasteiger partial charge in [0.2, 0.25) is 0 Å². The van der Waals surface area contributed by atoms with Crippen LogP contribution in [0.3, 0.4) is 0 Å². The second-order valence-electron chi connectivity index (χ2n) is 3.70. The fraction of sp³-hybridized carbons (Fsp3) is 0.308. The van der Waals surface area contributed by atoms with Crippen molar-refractivity contribution in [2.75, 3.05) is 21.3 Å². The maximum Gasteiger partial charge on any atom is 0.339 e. The Balaban J connectivity index is 3.66. The maximum absolute atomic E-state index is 11.8. The van der Waals surface area contributed by atoms with E-state index in [9.17, 15) is 14.4 Å². The fourth-order valence-corrected chi connectivity index (χ4v) is 1.66. The first-order valence-corrected chi connectivity index (χ1v) is 5.52. The summed E-state index contributed by atoms with van der Waals surface area (Å²) >= 11 is 0. The summed E-state index contributed by atoms with van der Waals surface area (Å²) in [5, 5.41) is 9.16. The lowest BCUT2D eigenvalue weighted by molar-refractivity contribution is 0.0535. The smallest absolute Gasteiger partial charge is 0.339 e. The van der Waals surface area contributed by atoms with E-state index in [0.29, 0.717) is 0 Å². The van der Waals surface area contributed by atoms with E-state index >= 15 is 0 Å². The first kappa shape index (κ1) is 15.6. The molecule has 0 heterocycles. The lowest BCUT2D eigenvalue weighted by Crippen LogP contribution is -2.18. The van der Waals surface area contributed by atoms with E-state index in [0.717, 1.165) is 21.3 Å². The molecule has 108 valence electrons. The van der Waals surface area contributed by atoms with Crippen LogP contribution in [-0.2, 0) is 20.8 Å². The van der Waals surface area contributed by atoms with Gasteiger partial charge >= 0.3 is 17.9 Å². The minimum Gasteiger partial charge on any atom is -0.465 e. The second-order valence-corrected chi connectivity index (χ2v) is 3.70. The van der Waals surface area contributed by atoms with Crippen molar-refractivity contribution >= 4 is 17.9 Å². The molecule has 0 spiro atoms. The van der Waals surface area contributed by atoms with Crippen molar-refractivity contribution in [1.82, 2.24) is 0 Å². The van der Waals surface area contributed by atoms with Gasteiger partial charge in [-0.2, -0.15) is 0 Å². The van der Waals surface area contributed by atoms with Crippen molar-refractivity contribution in [1.29, 1.82) is 0 Å². The van der Waals surface area contributed by atoms with Gasteiger partial charge in [0.25, 0.3) is 0 Å². The molecule has 20 heavy (non-hydrogen) atoms. The molecule has 1 rings (SSSR count). The summed E-state index contributed by atoms with van der Waals surface area (Å²) < 4.78 is 13.7. The minimum atomic E-state index is -0.879. The third-order valence-corrected chi connectivity index (χ3v) is 2.58. The number of hydrogen-bond acceptors (Lipinski definition) is 7. The number of rotatable bonds is 4. The van der Waals surface area contributed by atoms with Crippen LogP contribution in [0.15, 0.2) is 12.1 Å². The molecule has 0 aromatic heterocycles. The van der Waals surface area contributed by atoms with Crippen LogP contribution in [0.5, 0.6) is 0 Å². The Bertz CT molecular complexity index is 511. The molecule has 7 heteroatoms. The Kier molecular flexibility index (Phi) is 5.22. The van der Waals surface area contributed by atoms with Crippen molar-refractivity contribution in [3.05, 3.63) is 34.4 Å². The molecule has 1 N–H and O–H groups in total. The van der Waals surface area contributed by atoms with Gasteiger partial charge < -0.3 is 19.3 Å². The Morgan fingerprint density at radius 1 is 0.900 bits per heavy atom. The molecule has 0 bridgehead atoms. The average Bonchev–Trinajstić information content (AvgIpc) is 2.50. The lowest BCUT2D eigenvalue weighted by atomic mass is 9.97. The number of ether oxygens (including phenoxy) is 3. The zero-order valence-electron chi connectivity index (χ0n) is 11.3. The summed E-state index contributed by atoms with van der Waals surface area (Å²) in [6.45, 7) is -0.421. The van der Waals surface area contributed by atoms with Crippen LogP contribution in [0.2, 0.25) is 0 Å². The SMILES string of the molecule is COC(=O)c1cc(CO)cc(C(=O)OC)c1C(=O)OC. The van der Waals surface area contributed by atoms with Gasteiger partial charge in [0.1, 0.15) is 0 Å². The van der Waals surface area contributed by atoms with Gasteiger partial charge in [0.05, 0.1) is 44.6 Å². The van der Waals surface area contributed by atoms with E-state index in [1.165, 1.54) is 12.1 Å². The number of carbonyl (C=O) groups excluding carboxylic acids is 3. The standard InChI is InChI=1S/C13H14O7/c1-18-11(15)8-4-7(6-14)5-9(12(16)19-2)10(8)13(17)20-3/h4-5,14H,6H2,1-3H3. The molecule has 0 aliphatic rings. The highest BCUT2D eigenvalue weighted by Crippen LogP contribution is 2.21. The first-order valence-electron chi connectivity index (χ1n) is 5.52. The number of aliphatic hydroxyl groups is 1. The van der Waals surface area contributed by atoms with Crippen molar-refractivity contribution < 1.29 is 33.7 Å². The lowest BCUT2D eigenvalue weighted by Gasteiger charge is -2.12. The molecule has 0 saturated heterocycles. The molecule has 0 aliphatic carbocycles. The third-order valence-electron chi connectivity index (χ3n) is 2.58. The number of carbonyl (C=O) groups is 3. The Hall–Kier alpha value is -2.41. The fourth-order valence-electron chi connectivity index (χ4n) is 1.66. The number of aliphatic hydroxyl groups excluding tert-OH is 1. The molecule has 0 radical (unpaired) electrons. The van der Waals surface area contributed by atoms with E-state index in [2.05, 4.69) is 14.2 Å². The molecule has 0 atom stereocenters. The summed E-state index contributed by atoms with van der Waals surface area (Å²) in [4.78, 5) is 35.2. The predicted molar refractivity (Wildman–Crippen MR) is 66.4 cm³/mol. The normalized spacial score (nSPS) is 9.80. The van der Waals surface area contributed by atoms with Crippen molar-refractivity contribution in [2.45, 2.75) is 6.61 Å². The van der Waals surface area contributed by atoms with E-state index in [1.807, 2.05) is 0 Å². The van der Waals surface area contributed by atoms with Crippen molar-refractivity contribution in [3.8, 4) is 0 Å². The van der Waals surface area contributed by atoms with Crippen LogP contribution in [0.25, 0.3) is 0 Å². The third kappa shape index (κ3) is 2.94. The van der Waals surface area contributed by atoms with Crippen molar-refractivity contribution in [2.24, 2.45) is 0 Å². The summed E-state index contributed by atoms with van der Waals surface area (Å²) in [6, 6.07) is 2.51. The Labute approximate surface area is 115 Å². The van der Waals surface area contributed by atoms with Crippen LogP contribution in [0, 0.1) is 0 Å². The van der Waals surface area contributed by atoms with Gasteiger partial charge in [0, 0.05) is 0 Å². The predicted octanol–water partition coefficient (Wildman–Crippen LogP) is 0.539. The highest BCUT2D eigenvalue weighted by atomic mass is 16.5. The van der Waals surface area contributed by atoms with E-state index < -0.39 is 24.5 Å². The van der Waals surface area contributed by atoms with Crippen LogP contribution < -0.4 is 0 Å². The minimum absolute atomic E-state index is 0.175. The number of methoxy groups -OCH3 is 3. The molecule has 0 fully saturated rings. The zero-order chi connectivity index (χ0) is 15.3. The molecule has 7 nitrogen and oxygen atoms in total. The van der Waals surface area contributed by atoms with E-state index in [4.69, 9.17) is 5.11 Å². The topological polar surface area (TPSA) is 99.1 Å². The van der Waals surface area contributed by atoms with Gasteiger partial charge in [0.15, 0.2) is 0 Å². The molecule has 1 aromatic carbocycles. The van der Waals surface area contributed by atoms with Crippen LogP contribution in [0.1, 0.15) is 36.6 Å². The highest BCUT2D eigenvalue weighted by molar-refractivity contribution is 6.10. The van der Waals surface area contributed by atoms with Gasteiger partial charge in [-0.3, -0.25) is 0 Å². The first-order chi connectivity index (χ1) is 9.49. The molecule has 0 aliphatic heterocycles. The van der Waals surface area contributed by atoms with Gasteiger partial charge in [-0.1, -0.05) is 0 Å². The zero-order valence-corrected chi connectivity index (χ0v) is 11.3. The monoisotopic (exact) mass is 282 g/mol.